The van der Waals surface area contributed by atoms with Crippen LogP contribution in [0.5, 0.6) is 0 Å². The number of nitrogens with zero attached hydrogens (tertiary/aromatic N) is 2. The molecule has 10 aromatic carbocycles. The van der Waals surface area contributed by atoms with Crippen LogP contribution in [0.2, 0.25) is 0 Å². The van der Waals surface area contributed by atoms with Crippen molar-refractivity contribution in [3.05, 3.63) is 307 Å². The van der Waals surface area contributed by atoms with E-state index in [1.165, 1.54) is 47.7 Å². The molecule has 0 heterocycles. The molecule has 0 aliphatic carbocycles. The van der Waals surface area contributed by atoms with Crippen LogP contribution in [0.25, 0.3) is 0 Å². The quantitative estimate of drug-likeness (QED) is 0.0759. The van der Waals surface area contributed by atoms with Crippen molar-refractivity contribution in [1.29, 1.82) is 0 Å². The Morgan fingerprint density at radius 3 is 0.823 bits per heavy atom. The van der Waals surface area contributed by atoms with E-state index in [1.54, 1.807) is 0 Å². The Bertz CT molecular complexity index is 3160. The third-order valence-corrected chi connectivity index (χ3v) is 19.7. The standard InChI is InChI=1S/C64H51N2P3.2CH4O.4ClH.2Pd/c1-8-28-50(29-9-1)63(65-48-51-30-22-25-45-60(51)67(53-32-10-2-11-33-53)54-34-12-3-13-35-54)64(59-44-24-27-47-62(59)69(57-40-18-6-19-41-57)58-42-20-7-21-43-58)66-49-52-31-23-26-46-61(52)68(55-36-14-4-15-37-55)56-38-16-5-17-39-56;2*1-2;;;;;;/h1-49,63-64H;2*2H,1H3;4*1H;;/q;;;;;;;2*+2/p-4/t63-,64-;;;;;;;;/m1......../s1. The average Bonchev–Trinajstić information content (AvgIpc) is 3.48. The summed E-state index contributed by atoms with van der Waals surface area (Å²) >= 11 is 0. The molecule has 10 rings (SSSR count). The molecule has 0 spiro atoms. The van der Waals surface area contributed by atoms with E-state index in [0.29, 0.717) is 0 Å². The summed E-state index contributed by atoms with van der Waals surface area (Å²) in [6, 6.07) is 102. The predicted molar refractivity (Wildman–Crippen MR) is 319 cm³/mol. The number of hydrogen-bond acceptors (Lipinski definition) is 4. The van der Waals surface area contributed by atoms with Crippen molar-refractivity contribution in [3.8, 4) is 0 Å². The van der Waals surface area contributed by atoms with Crippen molar-refractivity contribution in [2.24, 2.45) is 9.98 Å². The van der Waals surface area contributed by atoms with Crippen molar-refractivity contribution in [3.63, 3.8) is 0 Å². The number of rotatable bonds is 16. The molecule has 0 aromatic heterocycles. The molecule has 0 saturated heterocycles. The fourth-order valence-electron chi connectivity index (χ4n) is 8.94. The molecule has 2 atom stereocenters. The Morgan fingerprint density at radius 1 is 0.278 bits per heavy atom. The SMILES string of the molecule is C(=N[C@H](c1ccccc1)[C@H](N=Cc1ccccc1P(c1ccccc1)c1ccccc1)c1ccccc1P(c1ccccc1)c1ccccc1)c1ccccc1P(c1ccccc1)c1ccccc1.CO.CO.[Cl-].[Cl-].[Cl-].[Cl-].[Pd+2].[Pd+2]. The third-order valence-electron chi connectivity index (χ3n) is 12.1. The van der Waals surface area contributed by atoms with Crippen molar-refractivity contribution < 1.29 is 101 Å². The zero-order chi connectivity index (χ0) is 50.5. The smallest absolute Gasteiger partial charge is 1.00 e. The van der Waals surface area contributed by atoms with Crippen LogP contribution in [-0.2, 0) is 40.8 Å². The minimum absolute atomic E-state index is 0. The van der Waals surface area contributed by atoms with Gasteiger partial charge in [0.1, 0.15) is 12.1 Å². The monoisotopic (exact) mass is 1360 g/mol. The minimum atomic E-state index is -0.973. The zero-order valence-electron chi connectivity index (χ0n) is 43.2. The molecule has 0 aliphatic rings. The van der Waals surface area contributed by atoms with Crippen LogP contribution in [0.3, 0.4) is 0 Å². The van der Waals surface area contributed by atoms with Gasteiger partial charge in [0.25, 0.3) is 0 Å². The molecule has 0 saturated carbocycles. The van der Waals surface area contributed by atoms with E-state index >= 15 is 0 Å². The van der Waals surface area contributed by atoms with Crippen LogP contribution >= 0.6 is 23.8 Å². The summed E-state index contributed by atoms with van der Waals surface area (Å²) in [5.41, 5.74) is 4.47. The molecule has 0 unspecified atom stereocenters. The number of aliphatic hydroxyl groups is 2. The first-order chi connectivity index (χ1) is 36.3. The summed E-state index contributed by atoms with van der Waals surface area (Å²) in [5, 5.41) is 25.6. The molecule has 0 fully saturated rings. The molecule has 0 bridgehead atoms. The van der Waals surface area contributed by atoms with Crippen LogP contribution in [-0.4, -0.2) is 36.9 Å². The Morgan fingerprint density at radius 2 is 0.506 bits per heavy atom. The van der Waals surface area contributed by atoms with Crippen molar-refractivity contribution in [1.82, 2.24) is 0 Å². The molecule has 0 radical (unpaired) electrons. The number of hydrogen-bond donors (Lipinski definition) is 2. The first-order valence-electron chi connectivity index (χ1n) is 24.3. The number of aliphatic hydroxyl groups excluding tert-OH is 2. The van der Waals surface area contributed by atoms with Gasteiger partial charge in [-0.05, 0) is 82.6 Å². The largest absolute Gasteiger partial charge is 2.00 e. The maximum atomic E-state index is 7.00. The number of aliphatic imine (C=N–C) groups is 2. The molecule has 79 heavy (non-hydrogen) atoms. The Labute approximate surface area is 523 Å². The molecule has 4 nitrogen and oxygen atoms in total. The van der Waals surface area contributed by atoms with E-state index in [4.69, 9.17) is 20.2 Å². The summed E-state index contributed by atoms with van der Waals surface area (Å²) in [6.45, 7) is 0. The molecule has 0 amide bonds. The van der Waals surface area contributed by atoms with Gasteiger partial charge < -0.3 is 59.8 Å². The Balaban J connectivity index is 0.00000209. The molecule has 10 aromatic rings. The minimum Gasteiger partial charge on any atom is -1.00 e. The second kappa shape index (κ2) is 38.0. The van der Waals surface area contributed by atoms with Crippen LogP contribution in [0, 0.1) is 0 Å². The van der Waals surface area contributed by atoms with Gasteiger partial charge >= 0.3 is 40.8 Å². The van der Waals surface area contributed by atoms with Gasteiger partial charge in [-0.25, -0.2) is 0 Å². The van der Waals surface area contributed by atoms with Gasteiger partial charge in [0.15, 0.2) is 0 Å². The first-order valence-corrected chi connectivity index (χ1v) is 28.3. The van der Waals surface area contributed by atoms with E-state index in [0.717, 1.165) is 36.5 Å². The third kappa shape index (κ3) is 18.4. The van der Waals surface area contributed by atoms with Gasteiger partial charge in [-0.3, -0.25) is 9.98 Å². The topological polar surface area (TPSA) is 65.2 Å². The van der Waals surface area contributed by atoms with Gasteiger partial charge in [0.05, 0.1) is 0 Å². The summed E-state index contributed by atoms with van der Waals surface area (Å²) in [6.07, 6.45) is 4.28. The second-order valence-electron chi connectivity index (χ2n) is 16.6. The van der Waals surface area contributed by atoms with Crippen molar-refractivity contribution >= 4 is 83.9 Å². The Kier molecular flexibility index (Phi) is 33.9. The molecule has 408 valence electrons. The average molecular weight is 1360 g/mol. The summed E-state index contributed by atoms with van der Waals surface area (Å²) in [7, 11) is -0.742. The second-order valence-corrected chi connectivity index (χ2v) is 23.1. The zero-order valence-corrected chi connectivity index (χ0v) is 52.0. The fraction of sp³-hybridized carbons (Fsp3) is 0.0606. The summed E-state index contributed by atoms with van der Waals surface area (Å²) in [5.74, 6) is 0. The molecule has 2 N–H and O–H groups in total. The molecule has 0 aliphatic heterocycles. The first kappa shape index (κ1) is 70.3. The van der Waals surface area contributed by atoms with E-state index < -0.39 is 29.8 Å². The van der Waals surface area contributed by atoms with E-state index in [-0.39, 0.29) is 96.5 Å². The molecule has 13 heteroatoms. The van der Waals surface area contributed by atoms with Crippen LogP contribution in [0.1, 0.15) is 34.3 Å². The van der Waals surface area contributed by atoms with E-state index in [2.05, 4.69) is 298 Å². The van der Waals surface area contributed by atoms with Gasteiger partial charge in [-0.1, -0.05) is 285 Å². The van der Waals surface area contributed by atoms with Gasteiger partial charge in [0.2, 0.25) is 0 Å². The predicted octanol–water partition coefficient (Wildman–Crippen LogP) is -0.790. The van der Waals surface area contributed by atoms with Gasteiger partial charge in [0, 0.05) is 37.8 Å². The normalized spacial score (nSPS) is 11.1. The van der Waals surface area contributed by atoms with Gasteiger partial charge in [-0.2, -0.15) is 0 Å². The van der Waals surface area contributed by atoms with Crippen LogP contribution in [0.4, 0.5) is 0 Å². The molecular weight excluding hydrogens is 1300 g/mol. The fourth-order valence-corrected chi connectivity index (χ4v) is 16.3. The summed E-state index contributed by atoms with van der Waals surface area (Å²) in [4.78, 5) is 11.6. The molecular formula is C66H59Cl4N2O2P3Pd2. The van der Waals surface area contributed by atoms with Crippen molar-refractivity contribution in [2.75, 3.05) is 14.2 Å². The number of benzene rings is 10. The summed E-state index contributed by atoms with van der Waals surface area (Å²) < 4.78 is 0. The van der Waals surface area contributed by atoms with Crippen molar-refractivity contribution in [2.45, 2.75) is 12.1 Å². The maximum absolute atomic E-state index is 7.00. The van der Waals surface area contributed by atoms with E-state index in [9.17, 15) is 0 Å². The number of halogens is 4. The van der Waals surface area contributed by atoms with Gasteiger partial charge in [-0.15, -0.1) is 0 Å². The van der Waals surface area contributed by atoms with E-state index in [1.807, 2.05) is 0 Å². The Hall–Kier alpha value is -4.77. The van der Waals surface area contributed by atoms with Crippen LogP contribution in [0.15, 0.2) is 295 Å². The van der Waals surface area contributed by atoms with Crippen LogP contribution < -0.4 is 97.4 Å². The maximum Gasteiger partial charge on any atom is 2.00 e.